The van der Waals surface area contributed by atoms with Gasteiger partial charge in [0.25, 0.3) is 0 Å². The Bertz CT molecular complexity index is 1090. The number of para-hydroxylation sites is 2. The minimum Gasteiger partial charge on any atom is -0.497 e. The molecule has 0 radical (unpaired) electrons. The molecule has 6 heteroatoms. The van der Waals surface area contributed by atoms with Gasteiger partial charge in [-0.1, -0.05) is 30.3 Å². The largest absolute Gasteiger partial charge is 0.497 e. The quantitative estimate of drug-likeness (QED) is 0.495. The number of hydrogen-bond acceptors (Lipinski definition) is 4. The Labute approximate surface area is 168 Å². The molecule has 146 valence electrons. The molecule has 0 atom stereocenters. The fourth-order valence-corrected chi connectivity index (χ4v) is 3.01. The molecule has 0 aliphatic rings. The predicted octanol–water partition coefficient (Wildman–Crippen LogP) is 4.87. The topological polar surface area (TPSA) is 76.4 Å². The van der Waals surface area contributed by atoms with Crippen LogP contribution in [0.3, 0.4) is 0 Å². The third kappa shape index (κ3) is 4.55. The highest BCUT2D eigenvalue weighted by Gasteiger charge is 2.09. The smallest absolute Gasteiger partial charge is 0.319 e. The number of carbonyl (C=O) groups excluding carboxylic acids is 1. The highest BCUT2D eigenvalue weighted by atomic mass is 16.5. The van der Waals surface area contributed by atoms with Crippen molar-refractivity contribution in [3.05, 3.63) is 78.4 Å². The van der Waals surface area contributed by atoms with Crippen molar-refractivity contribution in [2.45, 2.75) is 6.42 Å². The average Bonchev–Trinajstić information content (AvgIpc) is 3.19. The summed E-state index contributed by atoms with van der Waals surface area (Å²) in [5.74, 6) is 1.34. The van der Waals surface area contributed by atoms with Gasteiger partial charge >= 0.3 is 6.03 Å². The third-order valence-corrected chi connectivity index (χ3v) is 4.52. The summed E-state index contributed by atoms with van der Waals surface area (Å²) in [6, 6.07) is 22.6. The van der Waals surface area contributed by atoms with E-state index in [4.69, 9.17) is 9.15 Å². The number of anilines is 1. The number of nitrogens with zero attached hydrogens (tertiary/aromatic N) is 1. The summed E-state index contributed by atoms with van der Waals surface area (Å²) in [6.07, 6.45) is 0.736. The molecule has 0 unspecified atom stereocenters. The molecule has 6 nitrogen and oxygen atoms in total. The molecule has 29 heavy (non-hydrogen) atoms. The molecule has 0 aliphatic heterocycles. The second-order valence-corrected chi connectivity index (χ2v) is 6.55. The second-order valence-electron chi connectivity index (χ2n) is 6.55. The van der Waals surface area contributed by atoms with Crippen LogP contribution < -0.4 is 15.4 Å². The summed E-state index contributed by atoms with van der Waals surface area (Å²) >= 11 is 0. The van der Waals surface area contributed by atoms with Crippen LogP contribution in [0.25, 0.3) is 22.6 Å². The van der Waals surface area contributed by atoms with E-state index in [2.05, 4.69) is 15.6 Å². The molecule has 0 fully saturated rings. The molecule has 0 saturated carbocycles. The Morgan fingerprint density at radius 1 is 1.03 bits per heavy atom. The van der Waals surface area contributed by atoms with Gasteiger partial charge in [-0.2, -0.15) is 0 Å². The molecule has 0 bridgehead atoms. The lowest BCUT2D eigenvalue weighted by Gasteiger charge is -2.09. The first kappa shape index (κ1) is 18.6. The summed E-state index contributed by atoms with van der Waals surface area (Å²) in [4.78, 5) is 16.7. The lowest BCUT2D eigenvalue weighted by atomic mass is 10.1. The summed E-state index contributed by atoms with van der Waals surface area (Å²) < 4.78 is 10.9. The number of oxazole rings is 1. The summed E-state index contributed by atoms with van der Waals surface area (Å²) in [7, 11) is 1.64. The van der Waals surface area contributed by atoms with Crippen LogP contribution in [0, 0.1) is 0 Å². The number of hydrogen-bond donors (Lipinski definition) is 2. The molecule has 4 rings (SSSR count). The van der Waals surface area contributed by atoms with Crippen molar-refractivity contribution in [3.8, 4) is 17.2 Å². The van der Waals surface area contributed by atoms with E-state index < -0.39 is 0 Å². The van der Waals surface area contributed by atoms with Gasteiger partial charge in [0.2, 0.25) is 5.89 Å². The molecule has 0 aliphatic carbocycles. The van der Waals surface area contributed by atoms with E-state index in [1.54, 1.807) is 7.11 Å². The van der Waals surface area contributed by atoms with E-state index in [0.29, 0.717) is 18.1 Å². The molecule has 0 spiro atoms. The number of ether oxygens (including phenoxy) is 1. The van der Waals surface area contributed by atoms with Crippen molar-refractivity contribution in [2.75, 3.05) is 19.0 Å². The van der Waals surface area contributed by atoms with Crippen molar-refractivity contribution in [2.24, 2.45) is 0 Å². The van der Waals surface area contributed by atoms with E-state index in [0.717, 1.165) is 34.4 Å². The van der Waals surface area contributed by atoms with E-state index >= 15 is 0 Å². The number of rotatable bonds is 6. The van der Waals surface area contributed by atoms with Crippen LogP contribution in [0.4, 0.5) is 10.5 Å². The number of benzene rings is 3. The molecule has 1 aromatic heterocycles. The van der Waals surface area contributed by atoms with Gasteiger partial charge in [-0.05, 0) is 54.4 Å². The molecular formula is C23H21N3O3. The monoisotopic (exact) mass is 387 g/mol. The zero-order chi connectivity index (χ0) is 20.1. The van der Waals surface area contributed by atoms with Crippen LogP contribution in [0.1, 0.15) is 5.56 Å². The standard InChI is InChI=1S/C23H21N3O3/c1-28-19-11-9-16(10-12-19)13-14-24-23(27)25-18-6-4-5-17(15-18)22-26-20-7-2-3-8-21(20)29-22/h2-12,15H,13-14H2,1H3,(H2,24,25,27). The minimum absolute atomic E-state index is 0.256. The van der Waals surface area contributed by atoms with Crippen molar-refractivity contribution < 1.29 is 13.9 Å². The number of nitrogens with one attached hydrogen (secondary N) is 2. The van der Waals surface area contributed by atoms with Crippen molar-refractivity contribution in [1.82, 2.24) is 10.3 Å². The van der Waals surface area contributed by atoms with Crippen LogP contribution in [0.2, 0.25) is 0 Å². The molecular weight excluding hydrogens is 366 g/mol. The van der Waals surface area contributed by atoms with E-state index in [-0.39, 0.29) is 6.03 Å². The molecule has 0 saturated heterocycles. The molecule has 2 N–H and O–H groups in total. The zero-order valence-corrected chi connectivity index (χ0v) is 16.0. The third-order valence-electron chi connectivity index (χ3n) is 4.52. The lowest BCUT2D eigenvalue weighted by Crippen LogP contribution is -2.30. The van der Waals surface area contributed by atoms with Gasteiger partial charge in [-0.25, -0.2) is 9.78 Å². The number of aromatic nitrogens is 1. The maximum Gasteiger partial charge on any atom is 0.319 e. The highest BCUT2D eigenvalue weighted by Crippen LogP contribution is 2.26. The fourth-order valence-electron chi connectivity index (χ4n) is 3.01. The van der Waals surface area contributed by atoms with Crippen molar-refractivity contribution in [1.29, 1.82) is 0 Å². The van der Waals surface area contributed by atoms with Crippen LogP contribution >= 0.6 is 0 Å². The molecule has 1 heterocycles. The van der Waals surface area contributed by atoms with Gasteiger partial charge in [0.05, 0.1) is 7.11 Å². The Hall–Kier alpha value is -3.80. The summed E-state index contributed by atoms with van der Waals surface area (Å²) in [5, 5.41) is 5.72. The Morgan fingerprint density at radius 3 is 2.66 bits per heavy atom. The van der Waals surface area contributed by atoms with Gasteiger partial charge in [-0.3, -0.25) is 0 Å². The van der Waals surface area contributed by atoms with Gasteiger partial charge in [0, 0.05) is 17.8 Å². The predicted molar refractivity (Wildman–Crippen MR) is 113 cm³/mol. The van der Waals surface area contributed by atoms with Crippen LogP contribution in [0.5, 0.6) is 5.75 Å². The number of carbonyl (C=O) groups is 1. The normalized spacial score (nSPS) is 10.7. The molecule has 3 aromatic carbocycles. The van der Waals surface area contributed by atoms with Gasteiger partial charge in [0.1, 0.15) is 11.3 Å². The Morgan fingerprint density at radius 2 is 1.86 bits per heavy atom. The zero-order valence-electron chi connectivity index (χ0n) is 16.0. The lowest BCUT2D eigenvalue weighted by molar-refractivity contribution is 0.252. The first-order valence-corrected chi connectivity index (χ1v) is 9.35. The van der Waals surface area contributed by atoms with E-state index in [9.17, 15) is 4.79 Å². The summed E-state index contributed by atoms with van der Waals surface area (Å²) in [5.41, 5.74) is 4.14. The van der Waals surface area contributed by atoms with Crippen LogP contribution in [0.15, 0.2) is 77.2 Å². The van der Waals surface area contributed by atoms with E-state index in [1.165, 1.54) is 0 Å². The van der Waals surface area contributed by atoms with Gasteiger partial charge < -0.3 is 19.8 Å². The fraction of sp³-hybridized carbons (Fsp3) is 0.130. The SMILES string of the molecule is COc1ccc(CCNC(=O)Nc2cccc(-c3nc4ccccc4o3)c2)cc1. The first-order chi connectivity index (χ1) is 14.2. The van der Waals surface area contributed by atoms with Crippen molar-refractivity contribution >= 4 is 22.8 Å². The number of methoxy groups -OCH3 is 1. The van der Waals surface area contributed by atoms with Crippen LogP contribution in [-0.4, -0.2) is 24.7 Å². The van der Waals surface area contributed by atoms with Gasteiger partial charge in [-0.15, -0.1) is 0 Å². The first-order valence-electron chi connectivity index (χ1n) is 9.35. The van der Waals surface area contributed by atoms with Crippen LogP contribution in [-0.2, 0) is 6.42 Å². The van der Waals surface area contributed by atoms with Gasteiger partial charge in [0.15, 0.2) is 5.58 Å². The minimum atomic E-state index is -0.256. The maximum absolute atomic E-state index is 12.2. The molecule has 4 aromatic rings. The van der Waals surface area contributed by atoms with Crippen molar-refractivity contribution in [3.63, 3.8) is 0 Å². The Balaban J connectivity index is 1.35. The summed E-state index contributed by atoms with van der Waals surface area (Å²) in [6.45, 7) is 0.531. The highest BCUT2D eigenvalue weighted by molar-refractivity contribution is 5.90. The molecule has 2 amide bonds. The second kappa shape index (κ2) is 8.48. The van der Waals surface area contributed by atoms with E-state index in [1.807, 2.05) is 72.8 Å². The average molecular weight is 387 g/mol. The Kier molecular flexibility index (Phi) is 5.42. The maximum atomic E-state index is 12.2. The number of fused-ring (bicyclic) bond motifs is 1. The number of urea groups is 1. The number of amides is 2.